The first-order chi connectivity index (χ1) is 7.88. The number of carbonyl (C=O) groups excluding carboxylic acids is 1. The molecule has 0 aliphatic carbocycles. The van der Waals surface area contributed by atoms with Crippen molar-refractivity contribution in [2.45, 2.75) is 32.8 Å². The van der Waals surface area contributed by atoms with Gasteiger partial charge in [0.15, 0.2) is 0 Å². The van der Waals surface area contributed by atoms with E-state index in [1.54, 1.807) is 19.9 Å². The average Bonchev–Trinajstić information content (AvgIpc) is 2.25. The second kappa shape index (κ2) is 7.62. The zero-order valence-corrected chi connectivity index (χ0v) is 10.1. The van der Waals surface area contributed by atoms with Crippen LogP contribution in [0.25, 0.3) is 0 Å². The van der Waals surface area contributed by atoms with Crippen LogP contribution in [0.5, 0.6) is 0 Å². The number of aliphatic hydroxyl groups excluding tert-OH is 1. The van der Waals surface area contributed by atoms with E-state index in [1.807, 2.05) is 0 Å². The van der Waals surface area contributed by atoms with Crippen LogP contribution >= 0.6 is 0 Å². The number of carboxylic acid groups (broad SMARTS) is 1. The Balaban J connectivity index is 4.20. The first-order valence-corrected chi connectivity index (χ1v) is 5.28. The molecule has 0 fully saturated rings. The minimum absolute atomic E-state index is 0.00212. The van der Waals surface area contributed by atoms with Gasteiger partial charge in [-0.05, 0) is 20.3 Å². The number of carbonyl (C=O) groups is 2. The molecule has 0 aromatic heterocycles. The van der Waals surface area contributed by atoms with Crippen LogP contribution < -0.4 is 0 Å². The first-order valence-electron chi connectivity index (χ1n) is 5.28. The van der Waals surface area contributed by atoms with Crippen molar-refractivity contribution in [1.29, 1.82) is 0 Å². The number of hydrogen-bond donors (Lipinski definition) is 2. The maximum absolute atomic E-state index is 11.5. The Labute approximate surface area is 100 Å². The van der Waals surface area contributed by atoms with Crippen molar-refractivity contribution in [1.82, 2.24) is 0 Å². The van der Waals surface area contributed by atoms with Crippen LogP contribution in [-0.4, -0.2) is 34.9 Å². The number of aliphatic carboxylic acids is 1. The van der Waals surface area contributed by atoms with Gasteiger partial charge in [0.05, 0.1) is 0 Å². The second-order valence-electron chi connectivity index (χ2n) is 3.73. The van der Waals surface area contributed by atoms with Crippen LogP contribution in [0, 0.1) is 0 Å². The van der Waals surface area contributed by atoms with Crippen LogP contribution in [0.1, 0.15) is 26.7 Å². The van der Waals surface area contributed by atoms with Crippen molar-refractivity contribution < 1.29 is 24.5 Å². The molecule has 5 heteroatoms. The van der Waals surface area contributed by atoms with Crippen LogP contribution in [0.3, 0.4) is 0 Å². The summed E-state index contributed by atoms with van der Waals surface area (Å²) in [6.45, 7) is 6.51. The highest BCUT2D eigenvalue weighted by atomic mass is 16.5. The van der Waals surface area contributed by atoms with Gasteiger partial charge in [-0.15, -0.1) is 0 Å². The Bertz CT molecular complexity index is 330. The van der Waals surface area contributed by atoms with Gasteiger partial charge in [0, 0.05) is 24.2 Å². The number of ether oxygens (including phenoxy) is 1. The molecule has 0 radical (unpaired) electrons. The summed E-state index contributed by atoms with van der Waals surface area (Å²) in [6, 6.07) is 0. The molecule has 0 aliphatic rings. The highest BCUT2D eigenvalue weighted by Gasteiger charge is 2.14. The van der Waals surface area contributed by atoms with Crippen molar-refractivity contribution in [3.8, 4) is 0 Å². The average molecular weight is 242 g/mol. The molecule has 0 spiro atoms. The Morgan fingerprint density at radius 2 is 2.06 bits per heavy atom. The fourth-order valence-electron chi connectivity index (χ4n) is 1.12. The minimum atomic E-state index is -1.10. The van der Waals surface area contributed by atoms with Gasteiger partial charge < -0.3 is 14.9 Å². The Kier molecular flexibility index (Phi) is 6.89. The maximum Gasteiger partial charge on any atom is 0.333 e. The fourth-order valence-corrected chi connectivity index (χ4v) is 1.12. The van der Waals surface area contributed by atoms with Crippen molar-refractivity contribution >= 4 is 11.9 Å². The summed E-state index contributed by atoms with van der Waals surface area (Å²) in [6.07, 6.45) is 1.51. The standard InChI is InChI=1S/C12H18O5/c1-8(5-4-6-13)12(16)17-10(3)7-9(2)11(14)15/h5,10,13H,2,4,6-7H2,1,3H3,(H,14,15). The molecule has 5 nitrogen and oxygen atoms in total. The monoisotopic (exact) mass is 242 g/mol. The van der Waals surface area contributed by atoms with Gasteiger partial charge in [-0.1, -0.05) is 12.7 Å². The van der Waals surface area contributed by atoms with Crippen LogP contribution in [-0.2, 0) is 14.3 Å². The molecule has 0 amide bonds. The smallest absolute Gasteiger partial charge is 0.333 e. The van der Waals surface area contributed by atoms with E-state index in [1.165, 1.54) is 0 Å². The molecule has 0 rings (SSSR count). The molecule has 17 heavy (non-hydrogen) atoms. The number of aliphatic hydroxyl groups is 1. The van der Waals surface area contributed by atoms with E-state index in [0.717, 1.165) is 0 Å². The zero-order chi connectivity index (χ0) is 13.4. The van der Waals surface area contributed by atoms with E-state index in [9.17, 15) is 9.59 Å². The molecule has 0 bridgehead atoms. The van der Waals surface area contributed by atoms with Crippen molar-refractivity contribution in [3.05, 3.63) is 23.8 Å². The van der Waals surface area contributed by atoms with E-state index >= 15 is 0 Å². The van der Waals surface area contributed by atoms with Gasteiger partial charge in [0.2, 0.25) is 0 Å². The van der Waals surface area contributed by atoms with E-state index in [2.05, 4.69) is 6.58 Å². The number of hydrogen-bond acceptors (Lipinski definition) is 4. The number of carboxylic acids is 1. The molecule has 0 aromatic rings. The molecular weight excluding hydrogens is 224 g/mol. The summed E-state index contributed by atoms with van der Waals surface area (Å²) in [5.74, 6) is -1.61. The van der Waals surface area contributed by atoms with Gasteiger partial charge in [0.25, 0.3) is 0 Å². The lowest BCUT2D eigenvalue weighted by molar-refractivity contribution is -0.144. The summed E-state index contributed by atoms with van der Waals surface area (Å²) >= 11 is 0. The fraction of sp³-hybridized carbons (Fsp3) is 0.500. The minimum Gasteiger partial charge on any atom is -0.478 e. The van der Waals surface area contributed by atoms with Crippen molar-refractivity contribution in [2.75, 3.05) is 6.61 Å². The highest BCUT2D eigenvalue weighted by Crippen LogP contribution is 2.09. The molecule has 0 saturated heterocycles. The molecule has 0 saturated carbocycles. The molecule has 0 aliphatic heterocycles. The van der Waals surface area contributed by atoms with Gasteiger partial charge in [-0.2, -0.15) is 0 Å². The van der Waals surface area contributed by atoms with E-state index < -0.39 is 18.0 Å². The normalized spacial score (nSPS) is 13.0. The highest BCUT2D eigenvalue weighted by molar-refractivity contribution is 5.88. The van der Waals surface area contributed by atoms with E-state index in [0.29, 0.717) is 12.0 Å². The molecule has 0 heterocycles. The number of esters is 1. The third-order valence-corrected chi connectivity index (χ3v) is 2.05. The summed E-state index contributed by atoms with van der Waals surface area (Å²) in [7, 11) is 0. The predicted octanol–water partition coefficient (Wildman–Crippen LogP) is 1.28. The Hall–Kier alpha value is -1.62. The molecular formula is C12H18O5. The van der Waals surface area contributed by atoms with Crippen molar-refractivity contribution in [3.63, 3.8) is 0 Å². The SMILES string of the molecule is C=C(CC(C)OC(=O)C(C)=CCCO)C(=O)O. The quantitative estimate of drug-likeness (QED) is 0.519. The van der Waals surface area contributed by atoms with E-state index in [4.69, 9.17) is 14.9 Å². The maximum atomic E-state index is 11.5. The van der Waals surface area contributed by atoms with Crippen LogP contribution in [0.15, 0.2) is 23.8 Å². The Morgan fingerprint density at radius 1 is 1.47 bits per heavy atom. The summed E-state index contributed by atoms with van der Waals surface area (Å²) in [4.78, 5) is 22.0. The molecule has 2 N–H and O–H groups in total. The molecule has 0 aromatic carbocycles. The molecule has 1 atom stereocenters. The largest absolute Gasteiger partial charge is 0.478 e. The summed E-state index contributed by atoms with van der Waals surface area (Å²) in [5, 5.41) is 17.2. The molecule has 96 valence electrons. The van der Waals surface area contributed by atoms with Gasteiger partial charge in [-0.3, -0.25) is 0 Å². The third-order valence-electron chi connectivity index (χ3n) is 2.05. The first kappa shape index (κ1) is 15.4. The predicted molar refractivity (Wildman–Crippen MR) is 62.4 cm³/mol. The zero-order valence-electron chi connectivity index (χ0n) is 10.1. The lowest BCUT2D eigenvalue weighted by Crippen LogP contribution is -2.18. The lowest BCUT2D eigenvalue weighted by atomic mass is 10.1. The topological polar surface area (TPSA) is 83.8 Å². The second-order valence-corrected chi connectivity index (χ2v) is 3.73. The van der Waals surface area contributed by atoms with Gasteiger partial charge in [0.1, 0.15) is 6.10 Å². The lowest BCUT2D eigenvalue weighted by Gasteiger charge is -2.13. The van der Waals surface area contributed by atoms with Crippen LogP contribution in [0.2, 0.25) is 0 Å². The summed E-state index contributed by atoms with van der Waals surface area (Å²) in [5.41, 5.74) is 0.397. The van der Waals surface area contributed by atoms with E-state index in [-0.39, 0.29) is 18.6 Å². The summed E-state index contributed by atoms with van der Waals surface area (Å²) < 4.78 is 5.02. The third kappa shape index (κ3) is 6.52. The molecule has 1 unspecified atom stereocenters. The van der Waals surface area contributed by atoms with Crippen molar-refractivity contribution in [2.24, 2.45) is 0 Å². The van der Waals surface area contributed by atoms with Gasteiger partial charge in [-0.25, -0.2) is 9.59 Å². The number of rotatable bonds is 7. The van der Waals surface area contributed by atoms with Crippen LogP contribution in [0.4, 0.5) is 0 Å². The van der Waals surface area contributed by atoms with Gasteiger partial charge >= 0.3 is 11.9 Å². The Morgan fingerprint density at radius 3 is 2.53 bits per heavy atom.